The van der Waals surface area contributed by atoms with Gasteiger partial charge in [-0.3, -0.25) is 0 Å². The molecule has 1 saturated carbocycles. The van der Waals surface area contributed by atoms with Gasteiger partial charge in [0.25, 0.3) is 0 Å². The topological polar surface area (TPSA) is 73.8 Å². The number of rotatable bonds is 6. The van der Waals surface area contributed by atoms with Crippen molar-refractivity contribution in [1.82, 2.24) is 9.97 Å². The van der Waals surface area contributed by atoms with Crippen molar-refractivity contribution in [3.05, 3.63) is 11.9 Å². The van der Waals surface area contributed by atoms with Crippen LogP contribution in [0, 0.1) is 12.8 Å². The summed E-state index contributed by atoms with van der Waals surface area (Å²) in [4.78, 5) is 23.0. The highest BCUT2D eigenvalue weighted by Gasteiger charge is 2.54. The average Bonchev–Trinajstić information content (AvgIpc) is 3.35. The minimum Gasteiger partial charge on any atom is -0.466 e. The summed E-state index contributed by atoms with van der Waals surface area (Å²) in [5.41, 5.74) is -0.849. The van der Waals surface area contributed by atoms with Crippen LogP contribution in [0.25, 0.3) is 0 Å². The second kappa shape index (κ2) is 7.99. The molecule has 2 fully saturated rings. The predicted molar refractivity (Wildman–Crippen MR) is 94.9 cm³/mol. The number of ether oxygens (including phenoxy) is 3. The maximum Gasteiger partial charge on any atom is 0.350 e. The molecule has 2 heterocycles. The Morgan fingerprint density at radius 1 is 1.28 bits per heavy atom. The number of carbonyl (C=O) groups excluding carboxylic acids is 1. The third-order valence-corrected chi connectivity index (χ3v) is 4.70. The summed E-state index contributed by atoms with van der Waals surface area (Å²) in [6, 6.07) is 1.83. The summed E-state index contributed by atoms with van der Waals surface area (Å²) in [5, 5.41) is 0. The van der Waals surface area contributed by atoms with E-state index in [-0.39, 0.29) is 13.4 Å². The van der Waals surface area contributed by atoms with E-state index in [1.54, 1.807) is 7.11 Å². The first-order chi connectivity index (χ1) is 11.6. The third-order valence-electron chi connectivity index (χ3n) is 4.70. The van der Waals surface area contributed by atoms with Gasteiger partial charge in [0.1, 0.15) is 11.6 Å². The highest BCUT2D eigenvalue weighted by atomic mass is 16.6. The molecule has 0 bridgehead atoms. The monoisotopic (exact) mass is 351 g/mol. The van der Waals surface area contributed by atoms with Gasteiger partial charge in [-0.25, -0.2) is 9.78 Å². The first-order valence-corrected chi connectivity index (χ1v) is 8.43. The quantitative estimate of drug-likeness (QED) is 0.728. The zero-order chi connectivity index (χ0) is 17.2. The van der Waals surface area contributed by atoms with Crippen LogP contribution in [0.3, 0.4) is 0 Å². The molecular weight excluding hydrogens is 322 g/mol. The Morgan fingerprint density at radius 3 is 2.52 bits per heavy atom. The molecule has 0 spiro atoms. The molecular formula is C18H29N3O4. The Labute approximate surface area is 149 Å². The number of piperidine rings is 1. The molecule has 140 valence electrons. The van der Waals surface area contributed by atoms with Gasteiger partial charge in [0.2, 0.25) is 11.5 Å². The Morgan fingerprint density at radius 2 is 1.96 bits per heavy atom. The van der Waals surface area contributed by atoms with Crippen LogP contribution in [0.2, 0.25) is 0 Å². The smallest absolute Gasteiger partial charge is 0.350 e. The minimum absolute atomic E-state index is 0. The lowest BCUT2D eigenvalue weighted by atomic mass is 9.98. The number of methoxy groups -OCH3 is 2. The average molecular weight is 351 g/mol. The number of carbonyl (C=O) groups is 1. The highest BCUT2D eigenvalue weighted by Crippen LogP contribution is 2.41. The summed E-state index contributed by atoms with van der Waals surface area (Å²) in [6.07, 6.45) is 3.50. The lowest BCUT2D eigenvalue weighted by Gasteiger charge is -2.32. The fourth-order valence-corrected chi connectivity index (χ4v) is 3.15. The fourth-order valence-electron chi connectivity index (χ4n) is 3.15. The van der Waals surface area contributed by atoms with Gasteiger partial charge >= 0.3 is 5.97 Å². The van der Waals surface area contributed by atoms with E-state index in [9.17, 15) is 4.79 Å². The number of aromatic nitrogens is 2. The molecule has 0 atom stereocenters. The Kier molecular flexibility index (Phi) is 6.21. The molecule has 0 N–H and O–H groups in total. The zero-order valence-corrected chi connectivity index (χ0v) is 14.6. The van der Waals surface area contributed by atoms with E-state index in [0.29, 0.717) is 30.5 Å². The van der Waals surface area contributed by atoms with Gasteiger partial charge in [0.05, 0.1) is 7.11 Å². The van der Waals surface area contributed by atoms with Crippen LogP contribution in [0.1, 0.15) is 38.9 Å². The van der Waals surface area contributed by atoms with E-state index in [1.165, 1.54) is 7.11 Å². The molecule has 25 heavy (non-hydrogen) atoms. The third kappa shape index (κ3) is 4.39. The summed E-state index contributed by atoms with van der Waals surface area (Å²) in [6.45, 7) is 4.52. The lowest BCUT2D eigenvalue weighted by molar-refractivity contribution is -0.151. The maximum atomic E-state index is 11.9. The van der Waals surface area contributed by atoms with Gasteiger partial charge in [-0.1, -0.05) is 7.43 Å². The van der Waals surface area contributed by atoms with Gasteiger partial charge in [-0.05, 0) is 25.7 Å². The molecule has 0 amide bonds. The summed E-state index contributed by atoms with van der Waals surface area (Å²) in [5.74, 6) is 2.22. The van der Waals surface area contributed by atoms with Crippen LogP contribution in [-0.4, -0.2) is 55.5 Å². The number of hydrogen-bond donors (Lipinski definition) is 0. The molecule has 1 aromatic rings. The normalized spacial score (nSPS) is 19.1. The molecule has 3 rings (SSSR count). The van der Waals surface area contributed by atoms with Gasteiger partial charge in [-0.15, -0.1) is 0 Å². The van der Waals surface area contributed by atoms with E-state index in [1.807, 2.05) is 13.0 Å². The molecule has 1 aliphatic heterocycles. The first-order valence-electron chi connectivity index (χ1n) is 8.43. The van der Waals surface area contributed by atoms with Crippen molar-refractivity contribution < 1.29 is 19.0 Å². The van der Waals surface area contributed by atoms with Crippen LogP contribution in [0.4, 0.5) is 5.82 Å². The van der Waals surface area contributed by atoms with Crippen molar-refractivity contribution in [2.24, 2.45) is 5.92 Å². The predicted octanol–water partition coefficient (Wildman–Crippen LogP) is 2.37. The standard InChI is InChI=1S/C17H25N3O4.CH4/c1-12-18-14(20-8-4-13(5-9-20)11-22-2)10-15(19-12)24-17(6-7-17)16(21)23-3;/h10,13H,4-9,11H2,1-3H3;1H4. The van der Waals surface area contributed by atoms with Crippen molar-refractivity contribution in [2.75, 3.05) is 38.8 Å². The molecule has 7 heteroatoms. The van der Waals surface area contributed by atoms with E-state index in [4.69, 9.17) is 14.2 Å². The largest absolute Gasteiger partial charge is 0.466 e. The lowest BCUT2D eigenvalue weighted by Crippen LogP contribution is -2.36. The molecule has 2 aliphatic rings. The second-order valence-electron chi connectivity index (χ2n) is 6.59. The molecule has 1 saturated heterocycles. The Balaban J connectivity index is 0.00000225. The van der Waals surface area contributed by atoms with E-state index < -0.39 is 5.60 Å². The second-order valence-corrected chi connectivity index (χ2v) is 6.59. The SMILES string of the molecule is C.COCC1CCN(c2cc(OC3(C(=O)OC)CC3)nc(C)n2)CC1. The molecule has 0 unspecified atom stereocenters. The number of esters is 1. The molecule has 1 aliphatic carbocycles. The number of nitrogens with zero attached hydrogens (tertiary/aromatic N) is 3. The van der Waals surface area contributed by atoms with Crippen LogP contribution in [0.5, 0.6) is 5.88 Å². The van der Waals surface area contributed by atoms with Crippen molar-refractivity contribution >= 4 is 11.8 Å². The molecule has 1 aromatic heterocycles. The Hall–Kier alpha value is -1.89. The highest BCUT2D eigenvalue weighted by molar-refractivity contribution is 5.83. The molecule has 0 radical (unpaired) electrons. The zero-order valence-electron chi connectivity index (χ0n) is 14.6. The van der Waals surface area contributed by atoms with Crippen LogP contribution >= 0.6 is 0 Å². The van der Waals surface area contributed by atoms with Gasteiger partial charge in [0.15, 0.2) is 0 Å². The molecule has 0 aromatic carbocycles. The fraction of sp³-hybridized carbons (Fsp3) is 0.722. The number of anilines is 1. The van der Waals surface area contributed by atoms with Crippen molar-refractivity contribution in [3.63, 3.8) is 0 Å². The summed E-state index contributed by atoms with van der Waals surface area (Å²) in [7, 11) is 3.13. The first kappa shape index (κ1) is 19.4. The van der Waals surface area contributed by atoms with Gasteiger partial charge in [-0.2, -0.15) is 4.98 Å². The van der Waals surface area contributed by atoms with Gasteiger partial charge in [0, 0.05) is 45.7 Å². The van der Waals surface area contributed by atoms with E-state index in [0.717, 1.165) is 38.4 Å². The summed E-state index contributed by atoms with van der Waals surface area (Å²) < 4.78 is 15.9. The molecule has 7 nitrogen and oxygen atoms in total. The van der Waals surface area contributed by atoms with Gasteiger partial charge < -0.3 is 19.1 Å². The van der Waals surface area contributed by atoms with E-state index >= 15 is 0 Å². The van der Waals surface area contributed by atoms with Crippen LogP contribution in [-0.2, 0) is 14.3 Å². The number of hydrogen-bond acceptors (Lipinski definition) is 7. The maximum absolute atomic E-state index is 11.9. The minimum atomic E-state index is -0.849. The van der Waals surface area contributed by atoms with Crippen molar-refractivity contribution in [1.29, 1.82) is 0 Å². The van der Waals surface area contributed by atoms with Crippen LogP contribution in [0.15, 0.2) is 6.07 Å². The Bertz CT molecular complexity index is 596. The van der Waals surface area contributed by atoms with Crippen molar-refractivity contribution in [3.8, 4) is 5.88 Å². The van der Waals surface area contributed by atoms with E-state index in [2.05, 4.69) is 14.9 Å². The summed E-state index contributed by atoms with van der Waals surface area (Å²) >= 11 is 0. The van der Waals surface area contributed by atoms with Crippen molar-refractivity contribution in [2.45, 2.75) is 45.6 Å². The number of aryl methyl sites for hydroxylation is 1. The van der Waals surface area contributed by atoms with Crippen LogP contribution < -0.4 is 9.64 Å².